The number of likely N-dealkylation sites (N-methyl/N-ethyl adjacent to an activating group) is 1. The van der Waals surface area contributed by atoms with Gasteiger partial charge in [-0.25, -0.2) is 4.98 Å². The predicted octanol–water partition coefficient (Wildman–Crippen LogP) is 2.77. The molecular formula is C26H35N5O3. The number of hydrogen-bond donors (Lipinski definition) is 1. The molecule has 34 heavy (non-hydrogen) atoms. The van der Waals surface area contributed by atoms with Gasteiger partial charge in [-0.1, -0.05) is 6.08 Å². The lowest BCUT2D eigenvalue weighted by molar-refractivity contribution is -0.127. The van der Waals surface area contributed by atoms with Gasteiger partial charge in [-0.05, 0) is 63.4 Å². The summed E-state index contributed by atoms with van der Waals surface area (Å²) in [5.74, 6) is 1.18. The summed E-state index contributed by atoms with van der Waals surface area (Å²) in [4.78, 5) is 39.1. The van der Waals surface area contributed by atoms with E-state index in [0.717, 1.165) is 43.6 Å². The minimum atomic E-state index is -0.0975. The summed E-state index contributed by atoms with van der Waals surface area (Å²) in [5.41, 5.74) is 2.41. The van der Waals surface area contributed by atoms with Crippen molar-refractivity contribution in [3.05, 3.63) is 53.1 Å². The molecule has 0 bridgehead atoms. The van der Waals surface area contributed by atoms with Crippen molar-refractivity contribution in [2.75, 3.05) is 52.3 Å². The molecule has 2 aromatic rings. The molecule has 1 amide bonds. The van der Waals surface area contributed by atoms with E-state index < -0.39 is 0 Å². The zero-order valence-electron chi connectivity index (χ0n) is 20.4. The first-order valence-electron chi connectivity index (χ1n) is 12.0. The maximum Gasteiger partial charge on any atom is 0.271 e. The van der Waals surface area contributed by atoms with Crippen LogP contribution in [0, 0.1) is 5.92 Å². The molecule has 4 rings (SSSR count). The number of methoxy groups -OCH3 is 1. The van der Waals surface area contributed by atoms with E-state index in [0.29, 0.717) is 24.0 Å². The molecule has 1 atom stereocenters. The lowest BCUT2D eigenvalue weighted by Gasteiger charge is -2.40. The van der Waals surface area contributed by atoms with Crippen molar-refractivity contribution < 1.29 is 9.53 Å². The Morgan fingerprint density at radius 2 is 2.09 bits per heavy atom. The number of carbonyl (C=O) groups is 1. The number of piperidine rings is 1. The molecular weight excluding hydrogens is 430 g/mol. The molecule has 1 saturated carbocycles. The summed E-state index contributed by atoms with van der Waals surface area (Å²) in [5, 5.41) is 0. The standard InChI is InChI=1S/C26H35N5O3/c1-29(2)12-5-7-25(32)30-13-4-6-22(18-30)31(17-19-8-9-19)23-14-21(16-28-26(23)33)20-10-11-27-24(15-20)34-3/h5,7,10-11,14-16,19,22H,4,6,8-9,12-13,17-18H2,1-3H3,(H,28,33)/b7-5+/t22-/m0/s1. The summed E-state index contributed by atoms with van der Waals surface area (Å²) in [7, 11) is 5.55. The van der Waals surface area contributed by atoms with E-state index in [1.165, 1.54) is 12.8 Å². The van der Waals surface area contributed by atoms with E-state index in [1.807, 2.05) is 48.2 Å². The maximum absolute atomic E-state index is 13.0. The average Bonchev–Trinajstić information content (AvgIpc) is 3.67. The number of nitrogens with one attached hydrogen (secondary N) is 1. The number of anilines is 1. The highest BCUT2D eigenvalue weighted by atomic mass is 16.5. The van der Waals surface area contributed by atoms with Crippen molar-refractivity contribution in [2.45, 2.75) is 31.7 Å². The Hall–Kier alpha value is -3.13. The third kappa shape index (κ3) is 6.05. The number of likely N-dealkylation sites (tertiary alicyclic amines) is 1. The summed E-state index contributed by atoms with van der Waals surface area (Å²) < 4.78 is 5.27. The SMILES string of the molecule is COc1cc(-c2c[nH]c(=O)c(N(CC3CC3)[C@H]3CCCN(C(=O)/C=C/CN(C)C)C3)c2)ccn1. The highest BCUT2D eigenvalue weighted by molar-refractivity contribution is 5.87. The number of nitrogens with zero attached hydrogens (tertiary/aromatic N) is 4. The van der Waals surface area contributed by atoms with E-state index in [9.17, 15) is 9.59 Å². The van der Waals surface area contributed by atoms with Crippen LogP contribution in [0.5, 0.6) is 5.88 Å². The van der Waals surface area contributed by atoms with Crippen molar-refractivity contribution >= 4 is 11.6 Å². The summed E-state index contributed by atoms with van der Waals surface area (Å²) in [6.07, 6.45) is 11.3. The van der Waals surface area contributed by atoms with Gasteiger partial charge in [0.05, 0.1) is 7.11 Å². The van der Waals surface area contributed by atoms with E-state index in [4.69, 9.17) is 4.74 Å². The summed E-state index contributed by atoms with van der Waals surface area (Å²) in [6.45, 7) is 2.96. The first kappa shape index (κ1) is 24.0. The van der Waals surface area contributed by atoms with Crippen LogP contribution >= 0.6 is 0 Å². The molecule has 2 aromatic heterocycles. The second-order valence-corrected chi connectivity index (χ2v) is 9.53. The number of H-pyrrole nitrogens is 1. The van der Waals surface area contributed by atoms with Gasteiger partial charge in [0, 0.05) is 62.3 Å². The molecule has 0 aromatic carbocycles. The van der Waals surface area contributed by atoms with Gasteiger partial charge in [0.25, 0.3) is 5.56 Å². The number of amides is 1. The van der Waals surface area contributed by atoms with Crippen LogP contribution in [-0.2, 0) is 4.79 Å². The van der Waals surface area contributed by atoms with Crippen LogP contribution in [0.3, 0.4) is 0 Å². The highest BCUT2D eigenvalue weighted by Gasteiger charge is 2.33. The smallest absolute Gasteiger partial charge is 0.271 e. The first-order chi connectivity index (χ1) is 16.4. The molecule has 0 unspecified atom stereocenters. The summed E-state index contributed by atoms with van der Waals surface area (Å²) >= 11 is 0. The molecule has 1 aliphatic carbocycles. The minimum absolute atomic E-state index is 0.0458. The fraction of sp³-hybridized carbons (Fsp3) is 0.500. The zero-order valence-corrected chi connectivity index (χ0v) is 20.4. The van der Waals surface area contributed by atoms with E-state index in [2.05, 4.69) is 14.9 Å². The van der Waals surface area contributed by atoms with Crippen LogP contribution in [0.1, 0.15) is 25.7 Å². The van der Waals surface area contributed by atoms with Crippen LogP contribution in [0.2, 0.25) is 0 Å². The largest absolute Gasteiger partial charge is 0.481 e. The molecule has 8 heteroatoms. The molecule has 1 saturated heterocycles. The van der Waals surface area contributed by atoms with E-state index in [1.54, 1.807) is 25.6 Å². The molecule has 3 heterocycles. The van der Waals surface area contributed by atoms with Gasteiger partial charge in [-0.2, -0.15) is 0 Å². The van der Waals surface area contributed by atoms with Crippen molar-refractivity contribution in [3.8, 4) is 17.0 Å². The van der Waals surface area contributed by atoms with Gasteiger partial charge in [-0.3, -0.25) is 9.59 Å². The molecule has 2 aliphatic rings. The molecule has 1 N–H and O–H groups in total. The van der Waals surface area contributed by atoms with Crippen LogP contribution in [0.15, 0.2) is 47.5 Å². The Kier molecular flexibility index (Phi) is 7.67. The molecule has 0 spiro atoms. The number of rotatable bonds is 9. The van der Waals surface area contributed by atoms with E-state index in [-0.39, 0.29) is 17.5 Å². The molecule has 0 radical (unpaired) electrons. The van der Waals surface area contributed by atoms with Crippen molar-refractivity contribution in [2.24, 2.45) is 5.92 Å². The van der Waals surface area contributed by atoms with Crippen LogP contribution in [-0.4, -0.2) is 79.1 Å². The fourth-order valence-electron chi connectivity index (χ4n) is 4.45. The normalized spacial score (nSPS) is 18.5. The van der Waals surface area contributed by atoms with Gasteiger partial charge < -0.3 is 24.4 Å². The van der Waals surface area contributed by atoms with Gasteiger partial charge in [-0.15, -0.1) is 0 Å². The number of aromatic amines is 1. The number of ether oxygens (including phenoxy) is 1. The quantitative estimate of drug-likeness (QED) is 0.574. The monoisotopic (exact) mass is 465 g/mol. The second-order valence-electron chi connectivity index (χ2n) is 9.53. The molecule has 182 valence electrons. The highest BCUT2D eigenvalue weighted by Crippen LogP contribution is 2.34. The molecule has 8 nitrogen and oxygen atoms in total. The lowest BCUT2D eigenvalue weighted by Crippen LogP contribution is -2.51. The van der Waals surface area contributed by atoms with E-state index >= 15 is 0 Å². The number of pyridine rings is 2. The van der Waals surface area contributed by atoms with Gasteiger partial charge in [0.15, 0.2) is 0 Å². The van der Waals surface area contributed by atoms with Gasteiger partial charge in [0.2, 0.25) is 11.8 Å². The third-order valence-electron chi connectivity index (χ3n) is 6.50. The van der Waals surface area contributed by atoms with Crippen LogP contribution in [0.4, 0.5) is 5.69 Å². The minimum Gasteiger partial charge on any atom is -0.481 e. The van der Waals surface area contributed by atoms with Gasteiger partial charge in [0.1, 0.15) is 5.69 Å². The number of carbonyl (C=O) groups excluding carboxylic acids is 1. The van der Waals surface area contributed by atoms with Gasteiger partial charge >= 0.3 is 0 Å². The Morgan fingerprint density at radius 1 is 1.26 bits per heavy atom. The fourth-order valence-corrected chi connectivity index (χ4v) is 4.45. The molecule has 1 aliphatic heterocycles. The Balaban J connectivity index is 1.58. The van der Waals surface area contributed by atoms with Crippen LogP contribution < -0.4 is 15.2 Å². The third-order valence-corrected chi connectivity index (χ3v) is 6.50. The van der Waals surface area contributed by atoms with Crippen molar-refractivity contribution in [1.82, 2.24) is 19.8 Å². The maximum atomic E-state index is 13.0. The zero-order chi connectivity index (χ0) is 24.1. The Bertz CT molecular complexity index is 1080. The summed E-state index contributed by atoms with van der Waals surface area (Å²) in [6, 6.07) is 5.85. The lowest BCUT2D eigenvalue weighted by atomic mass is 10.0. The Labute approximate surface area is 201 Å². The topological polar surface area (TPSA) is 81.8 Å². The first-order valence-corrected chi connectivity index (χ1v) is 12.0. The van der Waals surface area contributed by atoms with Crippen molar-refractivity contribution in [1.29, 1.82) is 0 Å². The average molecular weight is 466 g/mol. The predicted molar refractivity (Wildman–Crippen MR) is 134 cm³/mol. The molecule has 2 fully saturated rings. The van der Waals surface area contributed by atoms with Crippen LogP contribution in [0.25, 0.3) is 11.1 Å². The van der Waals surface area contributed by atoms with Crippen molar-refractivity contribution in [3.63, 3.8) is 0 Å². The number of aromatic nitrogens is 2. The second kappa shape index (κ2) is 10.9. The Morgan fingerprint density at radius 3 is 2.82 bits per heavy atom. The number of hydrogen-bond acceptors (Lipinski definition) is 6.